The van der Waals surface area contributed by atoms with E-state index in [4.69, 9.17) is 4.74 Å². The van der Waals surface area contributed by atoms with Crippen molar-refractivity contribution in [2.24, 2.45) is 0 Å². The first-order valence-electron chi connectivity index (χ1n) is 7.53. The maximum atomic E-state index is 12.5. The number of benzene rings is 1. The van der Waals surface area contributed by atoms with E-state index in [-0.39, 0.29) is 11.9 Å². The predicted octanol–water partition coefficient (Wildman–Crippen LogP) is 2.27. The summed E-state index contributed by atoms with van der Waals surface area (Å²) < 4.78 is 7.33. The number of fused-ring (bicyclic) bond motifs is 1. The minimum atomic E-state index is -0.301. The maximum absolute atomic E-state index is 12.5. The summed E-state index contributed by atoms with van der Waals surface area (Å²) >= 11 is 0. The van der Waals surface area contributed by atoms with Crippen LogP contribution in [-0.4, -0.2) is 39.2 Å². The van der Waals surface area contributed by atoms with Crippen molar-refractivity contribution in [2.75, 3.05) is 13.7 Å². The summed E-state index contributed by atoms with van der Waals surface area (Å²) in [6.45, 7) is 5.23. The summed E-state index contributed by atoms with van der Waals surface area (Å²) in [6.07, 6.45) is 0.936. The minimum absolute atomic E-state index is 0.116. The Labute approximate surface area is 129 Å². The quantitative estimate of drug-likeness (QED) is 0.869. The first-order chi connectivity index (χ1) is 10.7. The number of ether oxygens (including phenoxy) is 1. The number of methoxy groups -OCH3 is 1. The van der Waals surface area contributed by atoms with Gasteiger partial charge in [-0.2, -0.15) is 0 Å². The smallest absolute Gasteiger partial charge is 0.245 e. The molecule has 1 aromatic heterocycles. The fourth-order valence-corrected chi connectivity index (χ4v) is 2.93. The van der Waals surface area contributed by atoms with Gasteiger partial charge in [0.05, 0.1) is 19.2 Å². The Bertz CT molecular complexity index is 695. The first kappa shape index (κ1) is 14.6. The van der Waals surface area contributed by atoms with Gasteiger partial charge in [-0.25, -0.2) is 0 Å². The highest BCUT2D eigenvalue weighted by molar-refractivity contribution is 5.82. The van der Waals surface area contributed by atoms with Crippen LogP contribution in [0.3, 0.4) is 0 Å². The SMILES string of the molecule is CCCN1Cc2nnc(-c3ccccc3OC)n2[C@H](C)C1=O. The molecule has 0 spiro atoms. The van der Waals surface area contributed by atoms with Crippen LogP contribution in [0.1, 0.15) is 32.1 Å². The molecule has 0 radical (unpaired) electrons. The lowest BCUT2D eigenvalue weighted by molar-refractivity contribution is -0.136. The van der Waals surface area contributed by atoms with Gasteiger partial charge in [0.1, 0.15) is 11.8 Å². The lowest BCUT2D eigenvalue weighted by Gasteiger charge is -2.32. The van der Waals surface area contributed by atoms with Crippen LogP contribution >= 0.6 is 0 Å². The summed E-state index contributed by atoms with van der Waals surface area (Å²) in [6, 6.07) is 7.36. The molecule has 116 valence electrons. The molecule has 0 bridgehead atoms. The molecule has 2 heterocycles. The van der Waals surface area contributed by atoms with E-state index in [1.807, 2.05) is 40.7 Å². The van der Waals surface area contributed by atoms with Crippen LogP contribution in [0, 0.1) is 0 Å². The number of para-hydroxylation sites is 1. The molecule has 1 aromatic carbocycles. The Morgan fingerprint density at radius 2 is 2.09 bits per heavy atom. The van der Waals surface area contributed by atoms with Gasteiger partial charge < -0.3 is 9.64 Å². The number of rotatable bonds is 4. The van der Waals surface area contributed by atoms with Crippen molar-refractivity contribution in [3.8, 4) is 17.1 Å². The zero-order valence-electron chi connectivity index (χ0n) is 13.1. The normalized spacial score (nSPS) is 17.5. The van der Waals surface area contributed by atoms with E-state index >= 15 is 0 Å². The lowest BCUT2D eigenvalue weighted by Crippen LogP contribution is -2.42. The Balaban J connectivity index is 2.07. The zero-order chi connectivity index (χ0) is 15.7. The van der Waals surface area contributed by atoms with Gasteiger partial charge in [0.25, 0.3) is 0 Å². The van der Waals surface area contributed by atoms with E-state index in [0.29, 0.717) is 12.4 Å². The second-order valence-corrected chi connectivity index (χ2v) is 5.45. The van der Waals surface area contributed by atoms with Gasteiger partial charge in [-0.1, -0.05) is 19.1 Å². The van der Waals surface area contributed by atoms with Gasteiger partial charge >= 0.3 is 0 Å². The Morgan fingerprint density at radius 3 is 2.82 bits per heavy atom. The highest BCUT2D eigenvalue weighted by Crippen LogP contribution is 2.33. The Kier molecular flexibility index (Phi) is 3.83. The molecule has 6 heteroatoms. The first-order valence-corrected chi connectivity index (χ1v) is 7.53. The molecule has 0 aliphatic carbocycles. The fraction of sp³-hybridized carbons (Fsp3) is 0.438. The van der Waals surface area contributed by atoms with E-state index in [0.717, 1.165) is 30.1 Å². The summed E-state index contributed by atoms with van der Waals surface area (Å²) in [5.74, 6) is 2.35. The van der Waals surface area contributed by atoms with Crippen molar-refractivity contribution in [3.63, 3.8) is 0 Å². The van der Waals surface area contributed by atoms with Gasteiger partial charge in [0, 0.05) is 6.54 Å². The van der Waals surface area contributed by atoms with E-state index in [2.05, 4.69) is 17.1 Å². The largest absolute Gasteiger partial charge is 0.496 e. The molecule has 22 heavy (non-hydrogen) atoms. The summed E-state index contributed by atoms with van der Waals surface area (Å²) in [5.41, 5.74) is 0.854. The molecule has 1 aliphatic heterocycles. The number of nitrogens with zero attached hydrogens (tertiary/aromatic N) is 4. The molecule has 0 fully saturated rings. The minimum Gasteiger partial charge on any atom is -0.496 e. The summed E-state index contributed by atoms with van der Waals surface area (Å²) in [7, 11) is 1.63. The third kappa shape index (κ3) is 2.24. The number of hydrogen-bond acceptors (Lipinski definition) is 4. The second-order valence-electron chi connectivity index (χ2n) is 5.45. The van der Waals surface area contributed by atoms with Crippen LogP contribution in [0.15, 0.2) is 24.3 Å². The lowest BCUT2D eigenvalue weighted by atomic mass is 10.1. The molecular formula is C16H20N4O2. The number of carbonyl (C=O) groups is 1. The number of hydrogen-bond donors (Lipinski definition) is 0. The van der Waals surface area contributed by atoms with Crippen LogP contribution in [0.5, 0.6) is 5.75 Å². The van der Waals surface area contributed by atoms with Gasteiger partial charge in [0.2, 0.25) is 5.91 Å². The summed E-state index contributed by atoms with van der Waals surface area (Å²) in [5, 5.41) is 8.60. The van der Waals surface area contributed by atoms with Gasteiger partial charge in [-0.3, -0.25) is 9.36 Å². The van der Waals surface area contributed by atoms with Gasteiger partial charge in [-0.05, 0) is 25.5 Å². The predicted molar refractivity (Wildman–Crippen MR) is 82.4 cm³/mol. The maximum Gasteiger partial charge on any atom is 0.245 e. The highest BCUT2D eigenvalue weighted by atomic mass is 16.5. The van der Waals surface area contributed by atoms with E-state index in [9.17, 15) is 4.79 Å². The van der Waals surface area contributed by atoms with Crippen molar-refractivity contribution in [3.05, 3.63) is 30.1 Å². The molecule has 0 N–H and O–H groups in total. The average Bonchev–Trinajstić information content (AvgIpc) is 2.96. The van der Waals surface area contributed by atoms with Crippen LogP contribution in [0.25, 0.3) is 11.4 Å². The number of aromatic nitrogens is 3. The monoisotopic (exact) mass is 300 g/mol. The average molecular weight is 300 g/mol. The molecule has 0 saturated heterocycles. The molecule has 1 amide bonds. The fourth-order valence-electron chi connectivity index (χ4n) is 2.93. The van der Waals surface area contributed by atoms with Crippen molar-refractivity contribution in [2.45, 2.75) is 32.9 Å². The molecule has 6 nitrogen and oxygen atoms in total. The van der Waals surface area contributed by atoms with Crippen molar-refractivity contribution in [1.82, 2.24) is 19.7 Å². The third-order valence-electron chi connectivity index (χ3n) is 4.00. The Morgan fingerprint density at radius 1 is 1.32 bits per heavy atom. The van der Waals surface area contributed by atoms with E-state index in [1.165, 1.54) is 0 Å². The summed E-state index contributed by atoms with van der Waals surface area (Å²) in [4.78, 5) is 14.4. The number of amides is 1. The van der Waals surface area contributed by atoms with Crippen LogP contribution in [0.2, 0.25) is 0 Å². The molecule has 2 aromatic rings. The van der Waals surface area contributed by atoms with E-state index in [1.54, 1.807) is 7.11 Å². The molecule has 0 saturated carbocycles. The molecular weight excluding hydrogens is 280 g/mol. The number of carbonyl (C=O) groups excluding carboxylic acids is 1. The standard InChI is InChI=1S/C16H20N4O2/c1-4-9-19-10-14-17-18-15(20(14)11(2)16(19)21)12-7-5-6-8-13(12)22-3/h5-8,11H,4,9-10H2,1-3H3/t11-/m1/s1. The van der Waals surface area contributed by atoms with Crippen LogP contribution < -0.4 is 4.74 Å². The second kappa shape index (κ2) is 5.79. The highest BCUT2D eigenvalue weighted by Gasteiger charge is 2.33. The topological polar surface area (TPSA) is 60.2 Å². The van der Waals surface area contributed by atoms with Gasteiger partial charge in [0.15, 0.2) is 11.6 Å². The zero-order valence-corrected chi connectivity index (χ0v) is 13.1. The van der Waals surface area contributed by atoms with Gasteiger partial charge in [-0.15, -0.1) is 10.2 Å². The molecule has 1 aliphatic rings. The molecule has 0 unspecified atom stereocenters. The van der Waals surface area contributed by atoms with Crippen molar-refractivity contribution in [1.29, 1.82) is 0 Å². The van der Waals surface area contributed by atoms with Crippen LogP contribution in [0.4, 0.5) is 0 Å². The van der Waals surface area contributed by atoms with Crippen molar-refractivity contribution >= 4 is 5.91 Å². The third-order valence-corrected chi connectivity index (χ3v) is 4.00. The molecule has 3 rings (SSSR count). The van der Waals surface area contributed by atoms with Crippen LogP contribution in [-0.2, 0) is 11.3 Å². The van der Waals surface area contributed by atoms with E-state index < -0.39 is 0 Å². The Hall–Kier alpha value is -2.37. The van der Waals surface area contributed by atoms with Crippen molar-refractivity contribution < 1.29 is 9.53 Å². The molecule has 1 atom stereocenters.